The predicted octanol–water partition coefficient (Wildman–Crippen LogP) is 3.76. The summed E-state index contributed by atoms with van der Waals surface area (Å²) >= 11 is 0. The van der Waals surface area contributed by atoms with E-state index in [-0.39, 0.29) is 18.6 Å². The highest BCUT2D eigenvalue weighted by atomic mass is 16.3. The highest BCUT2D eigenvalue weighted by molar-refractivity contribution is 6.10. The number of H-pyrrole nitrogens is 1. The summed E-state index contributed by atoms with van der Waals surface area (Å²) in [4.78, 5) is 26.6. The number of hydrogen-bond donors (Lipinski definition) is 3. The van der Waals surface area contributed by atoms with Crippen LogP contribution in [0.2, 0.25) is 0 Å². The molecule has 2 aliphatic rings. The van der Waals surface area contributed by atoms with E-state index in [1.54, 1.807) is 36.7 Å². The Hall–Kier alpha value is -4.49. The molecular weight excluding hydrogens is 456 g/mol. The smallest absolute Gasteiger partial charge is 0.256 e. The molecule has 180 valence electrons. The molecule has 3 heterocycles. The molecule has 0 unspecified atom stereocenters. The molecule has 6 rings (SSSR count). The molecule has 1 fully saturated rings. The van der Waals surface area contributed by atoms with Crippen molar-refractivity contribution in [3.05, 3.63) is 60.4 Å². The number of carbonyl (C=O) groups is 1. The molecule has 2 aromatic heterocycles. The number of amides is 1. The molecule has 36 heavy (non-hydrogen) atoms. The standard InChI is InChI=1S/C26H24N8O2/c27-12-16-4-3-7-20(10-16)34-22-14-28-26(30-18-8-9-21-17(11-18)13-29-32-21)31-24(22)33(19-5-1-2-6-19)23(15-35)25(34)36/h3-4,7-11,13-14,19,23,35H,1-2,5-6,15H2,(H,29,32)(H,28,30,31)/t23-/m1/s1. The lowest BCUT2D eigenvalue weighted by Gasteiger charge is -2.44. The van der Waals surface area contributed by atoms with E-state index in [0.717, 1.165) is 42.3 Å². The second kappa shape index (κ2) is 8.94. The van der Waals surface area contributed by atoms with Gasteiger partial charge in [0.2, 0.25) is 5.95 Å². The molecule has 4 aromatic rings. The number of aliphatic hydroxyl groups excluding tert-OH is 1. The lowest BCUT2D eigenvalue weighted by Crippen LogP contribution is -2.57. The summed E-state index contributed by atoms with van der Waals surface area (Å²) in [6, 6.07) is 14.1. The van der Waals surface area contributed by atoms with Crippen molar-refractivity contribution in [1.29, 1.82) is 5.26 Å². The number of aromatic amines is 1. The zero-order valence-electron chi connectivity index (χ0n) is 19.4. The molecule has 1 amide bonds. The Morgan fingerprint density at radius 2 is 2.03 bits per heavy atom. The molecule has 0 radical (unpaired) electrons. The first-order chi connectivity index (χ1) is 17.7. The van der Waals surface area contributed by atoms with Crippen molar-refractivity contribution in [2.45, 2.75) is 37.8 Å². The number of fused-ring (bicyclic) bond motifs is 2. The van der Waals surface area contributed by atoms with Crippen LogP contribution in [0, 0.1) is 11.3 Å². The molecule has 1 aliphatic carbocycles. The van der Waals surface area contributed by atoms with E-state index in [9.17, 15) is 15.2 Å². The second-order valence-electron chi connectivity index (χ2n) is 9.08. The highest BCUT2D eigenvalue weighted by Crippen LogP contribution is 2.43. The van der Waals surface area contributed by atoms with Gasteiger partial charge >= 0.3 is 0 Å². The van der Waals surface area contributed by atoms with Crippen molar-refractivity contribution in [2.75, 3.05) is 21.7 Å². The van der Waals surface area contributed by atoms with Gasteiger partial charge in [-0.15, -0.1) is 0 Å². The number of nitrogens with zero attached hydrogens (tertiary/aromatic N) is 6. The van der Waals surface area contributed by atoms with Gasteiger partial charge in [-0.1, -0.05) is 18.9 Å². The van der Waals surface area contributed by atoms with Gasteiger partial charge in [0, 0.05) is 17.1 Å². The van der Waals surface area contributed by atoms with Crippen LogP contribution >= 0.6 is 0 Å². The van der Waals surface area contributed by atoms with Crippen LogP contribution in [0.15, 0.2) is 54.9 Å². The number of nitrogens with one attached hydrogen (secondary N) is 2. The van der Waals surface area contributed by atoms with Gasteiger partial charge in [0.25, 0.3) is 5.91 Å². The molecule has 1 aliphatic heterocycles. The van der Waals surface area contributed by atoms with Gasteiger partial charge in [-0.2, -0.15) is 15.3 Å². The largest absolute Gasteiger partial charge is 0.394 e. The van der Waals surface area contributed by atoms with Gasteiger partial charge in [-0.25, -0.2) is 4.98 Å². The third kappa shape index (κ3) is 3.70. The van der Waals surface area contributed by atoms with Gasteiger partial charge in [-0.3, -0.25) is 14.8 Å². The third-order valence-electron chi connectivity index (χ3n) is 6.90. The Morgan fingerprint density at radius 1 is 1.17 bits per heavy atom. The quantitative estimate of drug-likeness (QED) is 0.393. The first-order valence-corrected chi connectivity index (χ1v) is 12.0. The molecule has 1 atom stereocenters. The molecule has 0 spiro atoms. The number of carbonyl (C=O) groups excluding carboxylic acids is 1. The van der Waals surface area contributed by atoms with Gasteiger partial charge in [0.15, 0.2) is 5.82 Å². The average Bonchev–Trinajstić information content (AvgIpc) is 3.60. The Morgan fingerprint density at radius 3 is 2.83 bits per heavy atom. The highest BCUT2D eigenvalue weighted by Gasteiger charge is 2.43. The van der Waals surface area contributed by atoms with Crippen molar-refractivity contribution >= 4 is 45.6 Å². The average molecular weight is 481 g/mol. The normalized spacial score (nSPS) is 17.9. The molecule has 10 nitrogen and oxygen atoms in total. The van der Waals surface area contributed by atoms with Crippen LogP contribution in [0.25, 0.3) is 10.9 Å². The maximum absolute atomic E-state index is 13.7. The molecule has 3 N–H and O–H groups in total. The van der Waals surface area contributed by atoms with Crippen molar-refractivity contribution < 1.29 is 9.90 Å². The van der Waals surface area contributed by atoms with Gasteiger partial charge in [0.1, 0.15) is 11.7 Å². The lowest BCUT2D eigenvalue weighted by molar-refractivity contribution is -0.120. The maximum Gasteiger partial charge on any atom is 0.256 e. The number of benzene rings is 2. The fourth-order valence-electron chi connectivity index (χ4n) is 5.22. The van der Waals surface area contributed by atoms with Crippen LogP contribution < -0.4 is 15.1 Å². The van der Waals surface area contributed by atoms with E-state index < -0.39 is 6.04 Å². The van der Waals surface area contributed by atoms with E-state index in [0.29, 0.717) is 28.7 Å². The molecular formula is C26H24N8O2. The van der Waals surface area contributed by atoms with Crippen molar-refractivity contribution in [3.63, 3.8) is 0 Å². The van der Waals surface area contributed by atoms with Crippen LogP contribution in [0.4, 0.5) is 28.8 Å². The summed E-state index contributed by atoms with van der Waals surface area (Å²) in [6.45, 7) is -0.340. The number of nitriles is 1. The summed E-state index contributed by atoms with van der Waals surface area (Å²) < 4.78 is 0. The summed E-state index contributed by atoms with van der Waals surface area (Å²) in [7, 11) is 0. The minimum absolute atomic E-state index is 0.0995. The summed E-state index contributed by atoms with van der Waals surface area (Å²) in [5.41, 5.74) is 3.25. The number of aliphatic hydroxyl groups is 1. The summed E-state index contributed by atoms with van der Waals surface area (Å²) in [6.07, 6.45) is 7.37. The minimum atomic E-state index is -0.781. The SMILES string of the molecule is N#Cc1cccc(N2C(=O)[C@@H](CO)N(C3CCCC3)c3nc(Nc4ccc5[nH]ncc5c4)ncc32)c1. The zero-order chi connectivity index (χ0) is 24.6. The Balaban J connectivity index is 1.46. The van der Waals surface area contributed by atoms with Crippen LogP contribution in [0.1, 0.15) is 31.2 Å². The molecule has 10 heteroatoms. The van der Waals surface area contributed by atoms with Crippen molar-refractivity contribution in [3.8, 4) is 6.07 Å². The number of aromatic nitrogens is 4. The summed E-state index contributed by atoms with van der Waals surface area (Å²) in [5, 5.41) is 31.0. The molecule has 1 saturated carbocycles. The number of anilines is 5. The second-order valence-corrected chi connectivity index (χ2v) is 9.08. The summed E-state index contributed by atoms with van der Waals surface area (Å²) in [5.74, 6) is 0.711. The monoisotopic (exact) mass is 480 g/mol. The van der Waals surface area contributed by atoms with Crippen molar-refractivity contribution in [1.82, 2.24) is 20.2 Å². The minimum Gasteiger partial charge on any atom is -0.394 e. The number of rotatable bonds is 5. The van der Waals surface area contributed by atoms with Gasteiger partial charge in [-0.05, 0) is 49.2 Å². The van der Waals surface area contributed by atoms with E-state index in [4.69, 9.17) is 4.98 Å². The topological polar surface area (TPSA) is 134 Å². The van der Waals surface area contributed by atoms with Gasteiger partial charge < -0.3 is 15.3 Å². The predicted molar refractivity (Wildman–Crippen MR) is 135 cm³/mol. The van der Waals surface area contributed by atoms with Crippen molar-refractivity contribution in [2.24, 2.45) is 0 Å². The molecule has 0 saturated heterocycles. The molecule has 2 aromatic carbocycles. The zero-order valence-corrected chi connectivity index (χ0v) is 19.4. The van der Waals surface area contributed by atoms with E-state index >= 15 is 0 Å². The van der Waals surface area contributed by atoms with Crippen LogP contribution in [0.5, 0.6) is 0 Å². The first-order valence-electron chi connectivity index (χ1n) is 12.0. The Kier molecular flexibility index (Phi) is 5.47. The van der Waals surface area contributed by atoms with E-state index in [1.165, 1.54) is 4.90 Å². The third-order valence-corrected chi connectivity index (χ3v) is 6.90. The van der Waals surface area contributed by atoms with Gasteiger partial charge in [0.05, 0.1) is 41.8 Å². The van der Waals surface area contributed by atoms with Crippen LogP contribution in [0.3, 0.4) is 0 Å². The molecule has 0 bridgehead atoms. The van der Waals surface area contributed by atoms with Crippen LogP contribution in [-0.2, 0) is 4.79 Å². The lowest BCUT2D eigenvalue weighted by atomic mass is 10.0. The van der Waals surface area contributed by atoms with E-state index in [1.807, 2.05) is 23.1 Å². The number of hydrogen-bond acceptors (Lipinski definition) is 8. The fraction of sp³-hybridized carbons (Fsp3) is 0.269. The Labute approximate surface area is 207 Å². The van der Waals surface area contributed by atoms with E-state index in [2.05, 4.69) is 26.6 Å². The van der Waals surface area contributed by atoms with Crippen LogP contribution in [-0.4, -0.2) is 49.9 Å². The maximum atomic E-state index is 13.7. The fourth-order valence-corrected chi connectivity index (χ4v) is 5.22. The Bertz CT molecular complexity index is 1490. The first kappa shape index (κ1) is 22.0.